The van der Waals surface area contributed by atoms with Crippen LogP contribution in [0.15, 0.2) is 30.3 Å². The van der Waals surface area contributed by atoms with Crippen LogP contribution in [0.3, 0.4) is 0 Å². The van der Waals surface area contributed by atoms with Gasteiger partial charge in [-0.05, 0) is 0 Å². The molecule has 0 N–H and O–H groups in total. The third kappa shape index (κ3) is 3.91. The van der Waals surface area contributed by atoms with Gasteiger partial charge < -0.3 is 0 Å². The second-order valence-electron chi connectivity index (χ2n) is 4.07. The molecule has 0 aliphatic heterocycles. The second kappa shape index (κ2) is 7.98. The van der Waals surface area contributed by atoms with Gasteiger partial charge in [-0.2, -0.15) is 0 Å². The van der Waals surface area contributed by atoms with E-state index in [1.807, 2.05) is 0 Å². The molecule has 0 aliphatic carbocycles. The molecule has 0 saturated heterocycles. The Labute approximate surface area is 124 Å². The van der Waals surface area contributed by atoms with Gasteiger partial charge in [0.2, 0.25) is 0 Å². The van der Waals surface area contributed by atoms with Gasteiger partial charge in [0.15, 0.2) is 0 Å². The van der Waals surface area contributed by atoms with Crippen LogP contribution in [0.2, 0.25) is 16.0 Å². The summed E-state index contributed by atoms with van der Waals surface area (Å²) in [4.78, 5) is 0. The Kier molecular flexibility index (Phi) is 7.40. The van der Waals surface area contributed by atoms with Gasteiger partial charge in [-0.3, -0.25) is 0 Å². The van der Waals surface area contributed by atoms with E-state index in [0.29, 0.717) is 5.41 Å². The van der Waals surface area contributed by atoms with E-state index in [1.165, 1.54) is 40.8 Å². The van der Waals surface area contributed by atoms with Crippen LogP contribution in [0.25, 0.3) is 0 Å². The van der Waals surface area contributed by atoms with Crippen LogP contribution in [-0.2, 0) is 5.41 Å². The zero-order valence-electron chi connectivity index (χ0n) is 9.47. The quantitative estimate of drug-likeness (QED) is 0.601. The molecule has 0 atom stereocenters. The number of hydrogen-bond acceptors (Lipinski definition) is 0. The molecule has 16 heavy (non-hydrogen) atoms. The average Bonchev–Trinajstić information content (AvgIpc) is 2.31. The fourth-order valence-electron chi connectivity index (χ4n) is 2.24. The Morgan fingerprint density at radius 1 is 0.750 bits per heavy atom. The Balaban J connectivity index is 2.99. The Morgan fingerprint density at radius 3 is 1.56 bits per heavy atom. The molecule has 0 radical (unpaired) electrons. The first kappa shape index (κ1) is 14.8. The summed E-state index contributed by atoms with van der Waals surface area (Å²) in [6.45, 7) is 0. The van der Waals surface area contributed by atoms with Crippen LogP contribution in [-0.4, -0.2) is 48.0 Å². The SMILES string of the molecule is [SeH]CCC(CC[SeH])(CC[SeH])c1ccccc1. The summed E-state index contributed by atoms with van der Waals surface area (Å²) in [5, 5.41) is 3.63. The molecule has 0 nitrogen and oxygen atoms in total. The van der Waals surface area contributed by atoms with E-state index in [9.17, 15) is 0 Å². The van der Waals surface area contributed by atoms with Crippen molar-refractivity contribution in [2.75, 3.05) is 0 Å². The summed E-state index contributed by atoms with van der Waals surface area (Å²) >= 11 is 8.21. The van der Waals surface area contributed by atoms with Crippen molar-refractivity contribution in [3.63, 3.8) is 0 Å². The normalized spacial score (nSPS) is 11.7. The van der Waals surface area contributed by atoms with Crippen molar-refractivity contribution in [3.05, 3.63) is 35.9 Å². The molecule has 1 rings (SSSR count). The van der Waals surface area contributed by atoms with Gasteiger partial charge in [0.1, 0.15) is 0 Å². The molecule has 0 aliphatic rings. The summed E-state index contributed by atoms with van der Waals surface area (Å²) in [6, 6.07) is 11.1. The standard InChI is InChI=1S/C13H20Se3/c14-9-6-13(7-10-15,8-11-16)12-4-2-1-3-5-12/h1-5,14-16H,6-11H2. The maximum atomic E-state index is 2.74. The molecule has 0 saturated carbocycles. The fourth-order valence-corrected chi connectivity index (χ4v) is 4.94. The van der Waals surface area contributed by atoms with E-state index in [0.717, 1.165) is 0 Å². The van der Waals surface area contributed by atoms with Crippen LogP contribution in [0, 0.1) is 0 Å². The van der Waals surface area contributed by atoms with Gasteiger partial charge in [0.25, 0.3) is 0 Å². The molecular weight excluding hydrogens is 393 g/mol. The summed E-state index contributed by atoms with van der Waals surface area (Å²) in [6.07, 6.45) is 3.85. The first-order chi connectivity index (χ1) is 7.79. The predicted molar refractivity (Wildman–Crippen MR) is 77.8 cm³/mol. The first-order valence-corrected chi connectivity index (χ1v) is 9.65. The summed E-state index contributed by atoms with van der Waals surface area (Å²) in [5.41, 5.74) is 1.92. The molecule has 0 fully saturated rings. The third-order valence-electron chi connectivity index (χ3n) is 3.16. The Hall–Kier alpha value is 0.778. The second-order valence-corrected chi connectivity index (χ2v) is 6.88. The fraction of sp³-hybridized carbons (Fsp3) is 0.538. The molecule has 3 heteroatoms. The van der Waals surface area contributed by atoms with Crippen LogP contribution in [0.1, 0.15) is 24.8 Å². The molecule has 1 aromatic carbocycles. The number of benzene rings is 1. The summed E-state index contributed by atoms with van der Waals surface area (Å²) < 4.78 is 0. The molecule has 0 bridgehead atoms. The zero-order valence-corrected chi connectivity index (χ0v) is 15.1. The molecule has 0 spiro atoms. The first-order valence-electron chi connectivity index (χ1n) is 5.67. The van der Waals surface area contributed by atoms with Gasteiger partial charge in [0.05, 0.1) is 0 Å². The summed E-state index contributed by atoms with van der Waals surface area (Å²) in [7, 11) is 0. The van der Waals surface area contributed by atoms with Crippen molar-refractivity contribution in [2.45, 2.75) is 40.6 Å². The molecule has 0 aromatic heterocycles. The van der Waals surface area contributed by atoms with Crippen molar-refractivity contribution in [1.82, 2.24) is 0 Å². The molecule has 1 aromatic rings. The molecule has 0 amide bonds. The minimum absolute atomic E-state index is 0.397. The van der Waals surface area contributed by atoms with E-state index >= 15 is 0 Å². The van der Waals surface area contributed by atoms with Gasteiger partial charge in [0, 0.05) is 0 Å². The molecule has 0 heterocycles. The van der Waals surface area contributed by atoms with E-state index in [2.05, 4.69) is 78.4 Å². The van der Waals surface area contributed by atoms with E-state index in [1.54, 1.807) is 0 Å². The Bertz CT molecular complexity index is 267. The topological polar surface area (TPSA) is 0 Å². The van der Waals surface area contributed by atoms with Crippen LogP contribution >= 0.6 is 0 Å². The number of rotatable bonds is 7. The third-order valence-corrected chi connectivity index (χ3v) is 4.56. The van der Waals surface area contributed by atoms with Crippen molar-refractivity contribution in [3.8, 4) is 0 Å². The number of hydrogen-bond donors (Lipinski definition) is 0. The van der Waals surface area contributed by atoms with Crippen LogP contribution in [0.5, 0.6) is 0 Å². The Morgan fingerprint density at radius 2 is 1.19 bits per heavy atom. The van der Waals surface area contributed by atoms with Crippen molar-refractivity contribution >= 4 is 48.0 Å². The van der Waals surface area contributed by atoms with E-state index < -0.39 is 0 Å². The van der Waals surface area contributed by atoms with Crippen molar-refractivity contribution in [2.24, 2.45) is 0 Å². The predicted octanol–water partition coefficient (Wildman–Crippen LogP) is 2.05. The summed E-state index contributed by atoms with van der Waals surface area (Å²) in [5.74, 6) is 0. The molecule has 90 valence electrons. The van der Waals surface area contributed by atoms with Gasteiger partial charge in [-0.15, -0.1) is 0 Å². The van der Waals surface area contributed by atoms with E-state index in [-0.39, 0.29) is 0 Å². The van der Waals surface area contributed by atoms with Gasteiger partial charge >= 0.3 is 125 Å². The average molecular weight is 413 g/mol. The van der Waals surface area contributed by atoms with Gasteiger partial charge in [-0.1, -0.05) is 0 Å². The zero-order chi connectivity index (χ0) is 11.9. The molecule has 0 unspecified atom stereocenters. The van der Waals surface area contributed by atoms with Crippen molar-refractivity contribution in [1.29, 1.82) is 0 Å². The van der Waals surface area contributed by atoms with Crippen LogP contribution < -0.4 is 0 Å². The monoisotopic (exact) mass is 416 g/mol. The van der Waals surface area contributed by atoms with Gasteiger partial charge in [-0.25, -0.2) is 0 Å². The van der Waals surface area contributed by atoms with Crippen molar-refractivity contribution < 1.29 is 0 Å². The molecular formula is C13H20Se3. The maximum absolute atomic E-state index is 2.74. The van der Waals surface area contributed by atoms with E-state index in [4.69, 9.17) is 0 Å². The minimum atomic E-state index is 0.397. The van der Waals surface area contributed by atoms with Crippen LogP contribution in [0.4, 0.5) is 0 Å².